The van der Waals surface area contributed by atoms with Gasteiger partial charge in [-0.2, -0.15) is 0 Å². The van der Waals surface area contributed by atoms with E-state index < -0.39 is 34.5 Å². The van der Waals surface area contributed by atoms with Crippen molar-refractivity contribution in [1.82, 2.24) is 0 Å². The monoisotopic (exact) mass is 677 g/mol. The van der Waals surface area contributed by atoms with E-state index in [-0.39, 0.29) is 39.7 Å². The molecular formula is C35H40F3O8S-. The van der Waals surface area contributed by atoms with E-state index in [0.717, 1.165) is 64.2 Å². The van der Waals surface area contributed by atoms with Crippen LogP contribution in [0.4, 0.5) is 13.2 Å². The van der Waals surface area contributed by atoms with Gasteiger partial charge in [-0.25, -0.2) is 13.2 Å². The van der Waals surface area contributed by atoms with Crippen molar-refractivity contribution < 1.29 is 49.9 Å². The summed E-state index contributed by atoms with van der Waals surface area (Å²) in [7, 11) is -3.43. The van der Waals surface area contributed by atoms with Gasteiger partial charge >= 0.3 is 12.3 Å². The van der Waals surface area contributed by atoms with Crippen LogP contribution in [-0.4, -0.2) is 38.7 Å². The molecule has 1 atom stereocenters. The van der Waals surface area contributed by atoms with Gasteiger partial charge in [0.1, 0.15) is 15.9 Å². The third kappa shape index (κ3) is 8.58. The van der Waals surface area contributed by atoms with Crippen molar-refractivity contribution in [3.63, 3.8) is 0 Å². The molecule has 1 unspecified atom stereocenters. The Balaban J connectivity index is 1.53. The van der Waals surface area contributed by atoms with Crippen LogP contribution in [0.3, 0.4) is 0 Å². The van der Waals surface area contributed by atoms with Crippen LogP contribution in [0.5, 0.6) is 17.2 Å². The highest BCUT2D eigenvalue weighted by Gasteiger charge is 2.34. The van der Waals surface area contributed by atoms with Gasteiger partial charge in [-0.1, -0.05) is 58.4 Å². The lowest BCUT2D eigenvalue weighted by molar-refractivity contribution is -0.275. The second kappa shape index (κ2) is 14.4. The zero-order chi connectivity index (χ0) is 33.9. The SMILES string of the molecule is COC(Oc1cc2cc(C(=O)Oc3cc(C4CCCCC4)c(S(=O)(=O)[O-])c(C4CCCCC4)c3)ccc2cc1OC(F)(F)F)C(C)C. The lowest BCUT2D eigenvalue weighted by atomic mass is 9.79. The summed E-state index contributed by atoms with van der Waals surface area (Å²) in [6, 6.07) is 9.94. The summed E-state index contributed by atoms with van der Waals surface area (Å²) < 4.78 is 99.1. The summed E-state index contributed by atoms with van der Waals surface area (Å²) in [5.41, 5.74) is 0.945. The van der Waals surface area contributed by atoms with E-state index in [9.17, 15) is 30.9 Å². The Kier molecular flexibility index (Phi) is 10.7. The molecule has 0 radical (unpaired) electrons. The summed E-state index contributed by atoms with van der Waals surface area (Å²) in [5.74, 6) is -1.84. The van der Waals surface area contributed by atoms with Crippen molar-refractivity contribution in [2.45, 2.75) is 107 Å². The summed E-state index contributed by atoms with van der Waals surface area (Å²) in [4.78, 5) is 13.4. The maximum absolute atomic E-state index is 13.5. The predicted molar refractivity (Wildman–Crippen MR) is 168 cm³/mol. The number of carbonyl (C=O) groups is 1. The second-order valence-electron chi connectivity index (χ2n) is 12.8. The Bertz CT molecular complexity index is 1650. The fraction of sp³-hybridized carbons (Fsp3) is 0.514. The molecular weight excluding hydrogens is 637 g/mol. The molecule has 0 heterocycles. The minimum Gasteiger partial charge on any atom is -0.744 e. The maximum Gasteiger partial charge on any atom is 0.573 e. The minimum absolute atomic E-state index is 0.110. The Morgan fingerprint density at radius 3 is 1.87 bits per heavy atom. The van der Waals surface area contributed by atoms with Crippen LogP contribution in [-0.2, 0) is 14.9 Å². The van der Waals surface area contributed by atoms with E-state index in [1.165, 1.54) is 49.6 Å². The smallest absolute Gasteiger partial charge is 0.573 e. The van der Waals surface area contributed by atoms with Crippen LogP contribution in [0.25, 0.3) is 10.8 Å². The Morgan fingerprint density at radius 2 is 1.38 bits per heavy atom. The van der Waals surface area contributed by atoms with E-state index >= 15 is 0 Å². The van der Waals surface area contributed by atoms with E-state index in [1.54, 1.807) is 13.8 Å². The van der Waals surface area contributed by atoms with Gasteiger partial charge in [0.25, 0.3) is 0 Å². The molecule has 3 aromatic rings. The molecule has 47 heavy (non-hydrogen) atoms. The fourth-order valence-electron chi connectivity index (χ4n) is 6.85. The number of hydrogen-bond donors (Lipinski definition) is 0. The van der Waals surface area contributed by atoms with Crippen LogP contribution >= 0.6 is 0 Å². The van der Waals surface area contributed by atoms with Gasteiger partial charge in [-0.15, -0.1) is 13.2 Å². The molecule has 3 aromatic carbocycles. The number of ether oxygens (including phenoxy) is 4. The van der Waals surface area contributed by atoms with Crippen LogP contribution in [0.15, 0.2) is 47.4 Å². The number of benzene rings is 3. The predicted octanol–water partition coefficient (Wildman–Crippen LogP) is 8.96. The molecule has 5 rings (SSSR count). The molecule has 2 aliphatic carbocycles. The molecule has 12 heteroatoms. The quantitative estimate of drug-likeness (QED) is 0.0905. The van der Waals surface area contributed by atoms with Crippen molar-refractivity contribution in [1.29, 1.82) is 0 Å². The molecule has 0 N–H and O–H groups in total. The highest BCUT2D eigenvalue weighted by atomic mass is 32.2. The first-order valence-corrected chi connectivity index (χ1v) is 17.5. The van der Waals surface area contributed by atoms with Gasteiger partial charge in [0.15, 0.2) is 11.5 Å². The number of alkyl halides is 3. The number of methoxy groups -OCH3 is 1. The molecule has 2 fully saturated rings. The topological polar surface area (TPSA) is 111 Å². The molecule has 2 saturated carbocycles. The van der Waals surface area contributed by atoms with Gasteiger partial charge < -0.3 is 23.5 Å². The van der Waals surface area contributed by atoms with Crippen molar-refractivity contribution >= 4 is 26.9 Å². The van der Waals surface area contributed by atoms with Gasteiger partial charge in [-0.3, -0.25) is 0 Å². The number of rotatable bonds is 10. The summed E-state index contributed by atoms with van der Waals surface area (Å²) in [6.45, 7) is 3.57. The molecule has 0 spiro atoms. The van der Waals surface area contributed by atoms with Gasteiger partial charge in [0.05, 0.1) is 10.5 Å². The fourth-order valence-corrected chi connectivity index (χ4v) is 7.88. The standard InChI is InChI=1S/C35H41F3O8S/c1-21(2)34(43-3)45-30-18-26-16-25(15-14-24(26)17-31(30)46-35(36,37)38)33(39)44-27-19-28(22-10-6-4-7-11-22)32(47(40,41)42)29(20-27)23-12-8-5-9-13-23/h14-23,34H,4-13H2,1-3H3,(H,40,41,42)/p-1. The van der Waals surface area contributed by atoms with Crippen molar-refractivity contribution in [2.75, 3.05) is 7.11 Å². The highest BCUT2D eigenvalue weighted by Crippen LogP contribution is 2.45. The third-order valence-electron chi connectivity index (χ3n) is 9.05. The molecule has 0 amide bonds. The highest BCUT2D eigenvalue weighted by molar-refractivity contribution is 7.85. The van der Waals surface area contributed by atoms with Crippen LogP contribution in [0, 0.1) is 5.92 Å². The number of fused-ring (bicyclic) bond motifs is 1. The molecule has 0 aliphatic heterocycles. The van der Waals surface area contributed by atoms with E-state index in [1.807, 2.05) is 0 Å². The van der Waals surface area contributed by atoms with Crippen molar-refractivity contribution in [3.05, 3.63) is 59.2 Å². The number of hydrogen-bond acceptors (Lipinski definition) is 8. The third-order valence-corrected chi connectivity index (χ3v) is 10.0. The number of halogens is 3. The zero-order valence-electron chi connectivity index (χ0n) is 26.7. The Labute approximate surface area is 273 Å². The summed E-state index contributed by atoms with van der Waals surface area (Å²) >= 11 is 0. The van der Waals surface area contributed by atoms with E-state index in [4.69, 9.17) is 14.2 Å². The normalized spacial score (nSPS) is 17.5. The molecule has 8 nitrogen and oxygen atoms in total. The number of esters is 1. The summed E-state index contributed by atoms with van der Waals surface area (Å²) in [5, 5.41) is 0.747. The lowest BCUT2D eigenvalue weighted by Gasteiger charge is -2.31. The average Bonchev–Trinajstić information content (AvgIpc) is 3.02. The molecule has 2 aliphatic rings. The maximum atomic E-state index is 13.5. The second-order valence-corrected chi connectivity index (χ2v) is 14.1. The first kappa shape index (κ1) is 35.0. The van der Waals surface area contributed by atoms with Crippen LogP contribution in [0.2, 0.25) is 0 Å². The van der Waals surface area contributed by atoms with Gasteiger partial charge in [0, 0.05) is 13.0 Å². The Hall–Kier alpha value is -3.35. The van der Waals surface area contributed by atoms with Crippen molar-refractivity contribution in [3.8, 4) is 17.2 Å². The number of carbonyl (C=O) groups excluding carboxylic acids is 1. The molecule has 0 aromatic heterocycles. The minimum atomic E-state index is -4.97. The first-order valence-electron chi connectivity index (χ1n) is 16.1. The molecule has 0 saturated heterocycles. The van der Waals surface area contributed by atoms with E-state index in [0.29, 0.717) is 21.9 Å². The van der Waals surface area contributed by atoms with Crippen LogP contribution in [0.1, 0.15) is 111 Å². The largest absolute Gasteiger partial charge is 0.744 e. The summed E-state index contributed by atoms with van der Waals surface area (Å²) in [6.07, 6.45) is 2.81. The van der Waals surface area contributed by atoms with Gasteiger partial charge in [0.2, 0.25) is 6.29 Å². The van der Waals surface area contributed by atoms with Crippen LogP contribution < -0.4 is 14.2 Å². The molecule has 0 bridgehead atoms. The Morgan fingerprint density at radius 1 is 0.830 bits per heavy atom. The van der Waals surface area contributed by atoms with E-state index in [2.05, 4.69) is 4.74 Å². The lowest BCUT2D eigenvalue weighted by Crippen LogP contribution is -2.26. The average molecular weight is 678 g/mol. The molecule has 256 valence electrons. The zero-order valence-corrected chi connectivity index (χ0v) is 27.5. The van der Waals surface area contributed by atoms with Gasteiger partial charge in [-0.05, 0) is 95.8 Å². The van der Waals surface area contributed by atoms with Crippen molar-refractivity contribution in [2.24, 2.45) is 5.92 Å². The first-order chi connectivity index (χ1) is 22.2.